The zero-order valence-corrected chi connectivity index (χ0v) is 15.6. The Morgan fingerprint density at radius 2 is 1.88 bits per heavy atom. The van der Waals surface area contributed by atoms with Gasteiger partial charge in [0.15, 0.2) is 5.82 Å². The van der Waals surface area contributed by atoms with Crippen molar-refractivity contribution < 1.29 is 0 Å². The lowest BCUT2D eigenvalue weighted by Crippen LogP contribution is -2.34. The molecule has 1 atom stereocenters. The maximum atomic E-state index is 4.83. The van der Waals surface area contributed by atoms with Gasteiger partial charge in [0.1, 0.15) is 0 Å². The van der Waals surface area contributed by atoms with Gasteiger partial charge in [-0.2, -0.15) is 5.10 Å². The van der Waals surface area contributed by atoms with Crippen molar-refractivity contribution in [3.05, 3.63) is 71.4 Å². The van der Waals surface area contributed by atoms with E-state index in [2.05, 4.69) is 42.1 Å². The minimum atomic E-state index is 0.202. The molecule has 0 aliphatic heterocycles. The molecule has 0 saturated heterocycles. The number of pyridine rings is 2. The summed E-state index contributed by atoms with van der Waals surface area (Å²) in [5.41, 5.74) is 4.95. The molecule has 0 fully saturated rings. The largest absolute Gasteiger partial charge is 0.304 e. The standard InChI is InChI=1S/C21H25N5/c1-15-20-17(24-14-16-8-4-6-10-22-16)12-21(2,3)13-18(20)26(25-15)19-9-5-7-11-23-19/h4-11,17,24H,12-14H2,1-3H3. The van der Waals surface area contributed by atoms with E-state index < -0.39 is 0 Å². The number of aromatic nitrogens is 4. The highest BCUT2D eigenvalue weighted by Crippen LogP contribution is 2.42. The van der Waals surface area contributed by atoms with Crippen molar-refractivity contribution >= 4 is 0 Å². The molecule has 26 heavy (non-hydrogen) atoms. The molecule has 5 nitrogen and oxygen atoms in total. The smallest absolute Gasteiger partial charge is 0.153 e. The van der Waals surface area contributed by atoms with Gasteiger partial charge in [-0.1, -0.05) is 26.0 Å². The third kappa shape index (κ3) is 3.27. The molecule has 4 rings (SSSR count). The van der Waals surface area contributed by atoms with Crippen LogP contribution >= 0.6 is 0 Å². The molecule has 1 aliphatic rings. The first-order valence-electron chi connectivity index (χ1n) is 9.17. The zero-order valence-electron chi connectivity index (χ0n) is 15.6. The van der Waals surface area contributed by atoms with Crippen LogP contribution in [0.25, 0.3) is 5.82 Å². The van der Waals surface area contributed by atoms with Crippen LogP contribution in [-0.2, 0) is 13.0 Å². The number of fused-ring (bicyclic) bond motifs is 1. The lowest BCUT2D eigenvalue weighted by Gasteiger charge is -2.36. The lowest BCUT2D eigenvalue weighted by atomic mass is 9.73. The molecule has 0 radical (unpaired) electrons. The average Bonchev–Trinajstić information content (AvgIpc) is 2.96. The summed E-state index contributed by atoms with van der Waals surface area (Å²) >= 11 is 0. The van der Waals surface area contributed by atoms with Crippen molar-refractivity contribution in [3.63, 3.8) is 0 Å². The van der Waals surface area contributed by atoms with Gasteiger partial charge in [0, 0.05) is 30.5 Å². The average molecular weight is 347 g/mol. The summed E-state index contributed by atoms with van der Waals surface area (Å²) in [4.78, 5) is 8.94. The predicted molar refractivity (Wildman–Crippen MR) is 102 cm³/mol. The predicted octanol–water partition coefficient (Wildman–Crippen LogP) is 3.77. The van der Waals surface area contributed by atoms with E-state index >= 15 is 0 Å². The van der Waals surface area contributed by atoms with Gasteiger partial charge in [0.05, 0.1) is 17.1 Å². The SMILES string of the molecule is Cc1nn(-c2ccccn2)c2c1C(NCc1ccccn1)CC(C)(C)C2. The van der Waals surface area contributed by atoms with E-state index in [4.69, 9.17) is 5.10 Å². The number of hydrogen-bond acceptors (Lipinski definition) is 4. The van der Waals surface area contributed by atoms with E-state index in [1.54, 1.807) is 0 Å². The van der Waals surface area contributed by atoms with Crippen LogP contribution in [0.15, 0.2) is 48.8 Å². The Kier molecular flexibility index (Phi) is 4.32. The fourth-order valence-electron chi connectivity index (χ4n) is 3.96. The van der Waals surface area contributed by atoms with Crippen molar-refractivity contribution in [3.8, 4) is 5.82 Å². The summed E-state index contributed by atoms with van der Waals surface area (Å²) in [6.07, 6.45) is 5.75. The summed E-state index contributed by atoms with van der Waals surface area (Å²) < 4.78 is 2.03. The van der Waals surface area contributed by atoms with Gasteiger partial charge in [0.25, 0.3) is 0 Å². The van der Waals surface area contributed by atoms with Gasteiger partial charge >= 0.3 is 0 Å². The Morgan fingerprint density at radius 3 is 2.58 bits per heavy atom. The second-order valence-electron chi connectivity index (χ2n) is 7.85. The van der Waals surface area contributed by atoms with Gasteiger partial charge < -0.3 is 5.32 Å². The summed E-state index contributed by atoms with van der Waals surface area (Å²) in [5, 5.41) is 8.55. The van der Waals surface area contributed by atoms with Crippen molar-refractivity contribution in [2.45, 2.75) is 46.2 Å². The summed E-state index contributed by atoms with van der Waals surface area (Å²) in [5.74, 6) is 0.887. The molecule has 5 heteroatoms. The van der Waals surface area contributed by atoms with Crippen molar-refractivity contribution in [1.29, 1.82) is 0 Å². The van der Waals surface area contributed by atoms with Crippen molar-refractivity contribution in [2.75, 3.05) is 0 Å². The molecule has 134 valence electrons. The quantitative estimate of drug-likeness (QED) is 0.780. The van der Waals surface area contributed by atoms with Crippen LogP contribution < -0.4 is 5.32 Å². The van der Waals surface area contributed by atoms with Crippen LogP contribution in [0.1, 0.15) is 49.0 Å². The molecule has 0 saturated carbocycles. The number of aryl methyl sites for hydroxylation is 1. The Hall–Kier alpha value is -2.53. The minimum absolute atomic E-state index is 0.202. The van der Waals surface area contributed by atoms with Crippen LogP contribution in [0.4, 0.5) is 0 Å². The fourth-order valence-corrected chi connectivity index (χ4v) is 3.96. The number of nitrogens with zero attached hydrogens (tertiary/aromatic N) is 4. The molecular weight excluding hydrogens is 322 g/mol. The normalized spacial score (nSPS) is 18.5. The molecule has 3 aromatic heterocycles. The van der Waals surface area contributed by atoms with Gasteiger partial charge in [-0.25, -0.2) is 9.67 Å². The van der Waals surface area contributed by atoms with E-state index in [9.17, 15) is 0 Å². The number of hydrogen-bond donors (Lipinski definition) is 1. The Balaban J connectivity index is 1.69. The molecule has 0 spiro atoms. The van der Waals surface area contributed by atoms with Gasteiger partial charge in [-0.05, 0) is 49.4 Å². The first-order valence-corrected chi connectivity index (χ1v) is 9.17. The highest BCUT2D eigenvalue weighted by molar-refractivity contribution is 5.38. The second kappa shape index (κ2) is 6.65. The Labute approximate surface area is 154 Å². The van der Waals surface area contributed by atoms with Crippen LogP contribution in [-0.4, -0.2) is 19.7 Å². The minimum Gasteiger partial charge on any atom is -0.304 e. The van der Waals surface area contributed by atoms with Gasteiger partial charge in [0.2, 0.25) is 0 Å². The first-order chi connectivity index (χ1) is 12.5. The molecule has 0 aromatic carbocycles. The van der Waals surface area contributed by atoms with Crippen molar-refractivity contribution in [2.24, 2.45) is 5.41 Å². The van der Waals surface area contributed by atoms with Crippen LogP contribution in [0.5, 0.6) is 0 Å². The van der Waals surface area contributed by atoms with E-state index in [1.807, 2.05) is 47.4 Å². The number of nitrogens with one attached hydrogen (secondary N) is 1. The third-order valence-electron chi connectivity index (χ3n) is 5.08. The van der Waals surface area contributed by atoms with Crippen LogP contribution in [0.3, 0.4) is 0 Å². The molecular formula is C21H25N5. The highest BCUT2D eigenvalue weighted by Gasteiger charge is 2.36. The number of rotatable bonds is 4. The second-order valence-corrected chi connectivity index (χ2v) is 7.85. The third-order valence-corrected chi connectivity index (χ3v) is 5.08. The monoisotopic (exact) mass is 347 g/mol. The van der Waals surface area contributed by atoms with E-state index in [1.165, 1.54) is 11.3 Å². The zero-order chi connectivity index (χ0) is 18.1. The summed E-state index contributed by atoms with van der Waals surface area (Å²) in [6, 6.07) is 12.3. The molecule has 0 bridgehead atoms. The van der Waals surface area contributed by atoms with Crippen molar-refractivity contribution in [1.82, 2.24) is 25.1 Å². The molecule has 3 heterocycles. The lowest BCUT2D eigenvalue weighted by molar-refractivity contribution is 0.252. The van der Waals surface area contributed by atoms with E-state index in [0.717, 1.165) is 36.6 Å². The van der Waals surface area contributed by atoms with Crippen LogP contribution in [0, 0.1) is 12.3 Å². The topological polar surface area (TPSA) is 55.6 Å². The maximum absolute atomic E-state index is 4.83. The Morgan fingerprint density at radius 1 is 1.12 bits per heavy atom. The summed E-state index contributed by atoms with van der Waals surface area (Å²) in [6.45, 7) is 7.52. The molecule has 3 aromatic rings. The Bertz CT molecular complexity index is 884. The highest BCUT2D eigenvalue weighted by atomic mass is 15.3. The van der Waals surface area contributed by atoms with Crippen LogP contribution in [0.2, 0.25) is 0 Å². The first kappa shape index (κ1) is 16.9. The molecule has 1 unspecified atom stereocenters. The van der Waals surface area contributed by atoms with E-state index in [-0.39, 0.29) is 11.5 Å². The maximum Gasteiger partial charge on any atom is 0.153 e. The summed E-state index contributed by atoms with van der Waals surface area (Å²) in [7, 11) is 0. The van der Waals surface area contributed by atoms with Gasteiger partial charge in [-0.15, -0.1) is 0 Å². The molecule has 1 aliphatic carbocycles. The van der Waals surface area contributed by atoms with E-state index in [0.29, 0.717) is 0 Å². The fraction of sp³-hybridized carbons (Fsp3) is 0.381. The van der Waals surface area contributed by atoms with Gasteiger partial charge in [-0.3, -0.25) is 4.98 Å². The molecule has 1 N–H and O–H groups in total. The molecule has 0 amide bonds.